The van der Waals surface area contributed by atoms with Crippen molar-refractivity contribution in [2.24, 2.45) is 5.92 Å². The maximum absolute atomic E-state index is 12.9. The van der Waals surface area contributed by atoms with Crippen molar-refractivity contribution in [3.8, 4) is 0 Å². The molecule has 1 heterocycles. The lowest BCUT2D eigenvalue weighted by Crippen LogP contribution is -2.47. The van der Waals surface area contributed by atoms with Gasteiger partial charge in [-0.1, -0.05) is 61.4 Å². The van der Waals surface area contributed by atoms with Crippen molar-refractivity contribution in [2.75, 3.05) is 18.8 Å². The van der Waals surface area contributed by atoms with Crippen molar-refractivity contribution in [2.45, 2.75) is 51.0 Å². The molecule has 1 aliphatic heterocycles. The van der Waals surface area contributed by atoms with E-state index in [0.717, 1.165) is 31.2 Å². The Morgan fingerprint density at radius 1 is 1.11 bits per heavy atom. The highest BCUT2D eigenvalue weighted by atomic mass is 32.2. The second kappa shape index (κ2) is 9.93. The fourth-order valence-corrected chi connectivity index (χ4v) is 4.77. The molecule has 1 N–H and O–H groups in total. The Hall–Kier alpha value is -1.82. The highest BCUT2D eigenvalue weighted by Gasteiger charge is 2.33. The topological polar surface area (TPSA) is 66.5 Å². The molecule has 1 aromatic rings. The molecule has 3 rings (SSSR count). The third-order valence-corrected chi connectivity index (χ3v) is 6.40. The van der Waals surface area contributed by atoms with Crippen molar-refractivity contribution >= 4 is 28.7 Å². The van der Waals surface area contributed by atoms with Crippen molar-refractivity contribution in [1.82, 2.24) is 10.2 Å². The molecule has 146 valence electrons. The Morgan fingerprint density at radius 3 is 2.52 bits per heavy atom. The Balaban J connectivity index is 1.59. The maximum Gasteiger partial charge on any atom is 0.239 e. The van der Waals surface area contributed by atoms with Gasteiger partial charge in [-0.05, 0) is 24.8 Å². The predicted molar refractivity (Wildman–Crippen MR) is 107 cm³/mol. The van der Waals surface area contributed by atoms with Crippen LogP contribution in [0.25, 0.3) is 0 Å². The molecule has 6 heteroatoms. The van der Waals surface area contributed by atoms with E-state index in [1.54, 1.807) is 4.90 Å². The molecule has 1 atom stereocenters. The molecule has 1 saturated carbocycles. The van der Waals surface area contributed by atoms with Gasteiger partial charge in [0.1, 0.15) is 0 Å². The third-order valence-electron chi connectivity index (χ3n) is 5.34. The lowest BCUT2D eigenvalue weighted by atomic mass is 9.95. The molecule has 0 radical (unpaired) electrons. The molecule has 0 bridgehead atoms. The molecule has 1 aromatic carbocycles. The summed E-state index contributed by atoms with van der Waals surface area (Å²) >= 11 is 1.23. The van der Waals surface area contributed by atoms with Crippen LogP contribution < -0.4 is 5.32 Å². The van der Waals surface area contributed by atoms with Crippen molar-refractivity contribution in [3.05, 3.63) is 35.9 Å². The number of hydrogen-bond donors (Lipinski definition) is 1. The summed E-state index contributed by atoms with van der Waals surface area (Å²) in [5.74, 6) is 0.0909. The first-order chi connectivity index (χ1) is 13.1. The van der Waals surface area contributed by atoms with Gasteiger partial charge in [0, 0.05) is 24.8 Å². The molecular weight excluding hydrogens is 360 g/mol. The number of hydrogen-bond acceptors (Lipinski definition) is 4. The number of nitrogens with zero attached hydrogens (tertiary/aromatic N) is 1. The Morgan fingerprint density at radius 2 is 1.85 bits per heavy atom. The van der Waals surface area contributed by atoms with Crippen LogP contribution in [0.3, 0.4) is 0 Å². The first-order valence-electron chi connectivity index (χ1n) is 9.89. The van der Waals surface area contributed by atoms with Gasteiger partial charge in [-0.3, -0.25) is 14.4 Å². The number of nitrogens with one attached hydrogen (secondary N) is 1. The average molecular weight is 389 g/mol. The third kappa shape index (κ3) is 6.09. The van der Waals surface area contributed by atoms with Gasteiger partial charge < -0.3 is 10.2 Å². The SMILES string of the molecule is O=C(CN(CCc1ccccc1)C(=O)[C@H]1CSC(=O)C1)NC1CCCCC1. The van der Waals surface area contributed by atoms with Gasteiger partial charge >= 0.3 is 0 Å². The second-order valence-electron chi connectivity index (χ2n) is 7.48. The lowest BCUT2D eigenvalue weighted by Gasteiger charge is -2.27. The molecule has 0 aromatic heterocycles. The van der Waals surface area contributed by atoms with Crippen LogP contribution >= 0.6 is 11.8 Å². The van der Waals surface area contributed by atoms with Crippen molar-refractivity contribution in [1.29, 1.82) is 0 Å². The lowest BCUT2D eigenvalue weighted by molar-refractivity contribution is -0.139. The van der Waals surface area contributed by atoms with E-state index >= 15 is 0 Å². The van der Waals surface area contributed by atoms with E-state index in [-0.39, 0.29) is 41.9 Å². The van der Waals surface area contributed by atoms with E-state index < -0.39 is 0 Å². The second-order valence-corrected chi connectivity index (χ2v) is 8.56. The van der Waals surface area contributed by atoms with Gasteiger partial charge in [-0.2, -0.15) is 0 Å². The van der Waals surface area contributed by atoms with E-state index in [2.05, 4.69) is 5.32 Å². The summed E-state index contributed by atoms with van der Waals surface area (Å²) in [7, 11) is 0. The number of benzene rings is 1. The van der Waals surface area contributed by atoms with Gasteiger partial charge in [-0.25, -0.2) is 0 Å². The number of rotatable bonds is 7. The van der Waals surface area contributed by atoms with Crippen molar-refractivity contribution in [3.63, 3.8) is 0 Å². The molecule has 2 aliphatic rings. The Labute approximate surface area is 165 Å². The van der Waals surface area contributed by atoms with E-state index in [1.807, 2.05) is 30.3 Å². The van der Waals surface area contributed by atoms with Crippen LogP contribution in [0.15, 0.2) is 30.3 Å². The summed E-state index contributed by atoms with van der Waals surface area (Å²) in [4.78, 5) is 38.7. The summed E-state index contributed by atoms with van der Waals surface area (Å²) in [6, 6.07) is 10.2. The number of amides is 2. The van der Waals surface area contributed by atoms with E-state index in [0.29, 0.717) is 18.7 Å². The zero-order valence-electron chi connectivity index (χ0n) is 15.7. The molecular formula is C21H28N2O3S. The van der Waals surface area contributed by atoms with Crippen molar-refractivity contribution < 1.29 is 14.4 Å². The number of thioether (sulfide) groups is 1. The largest absolute Gasteiger partial charge is 0.352 e. The highest BCUT2D eigenvalue weighted by molar-refractivity contribution is 8.14. The first kappa shape index (κ1) is 19.9. The minimum atomic E-state index is -0.291. The Kier molecular flexibility index (Phi) is 7.33. The van der Waals surface area contributed by atoms with E-state index in [9.17, 15) is 14.4 Å². The molecule has 0 spiro atoms. The van der Waals surface area contributed by atoms with Gasteiger partial charge in [0.25, 0.3) is 0 Å². The summed E-state index contributed by atoms with van der Waals surface area (Å²) in [5.41, 5.74) is 1.14. The summed E-state index contributed by atoms with van der Waals surface area (Å²) in [5, 5.41) is 3.17. The number of carbonyl (C=O) groups is 3. The van der Waals surface area contributed by atoms with Gasteiger partial charge in [0.15, 0.2) is 5.12 Å². The minimum Gasteiger partial charge on any atom is -0.352 e. The zero-order chi connectivity index (χ0) is 19.1. The summed E-state index contributed by atoms with van der Waals surface area (Å²) in [6.45, 7) is 0.577. The van der Waals surface area contributed by atoms with Crippen LogP contribution in [-0.2, 0) is 20.8 Å². The zero-order valence-corrected chi connectivity index (χ0v) is 16.5. The molecule has 2 amide bonds. The monoisotopic (exact) mass is 388 g/mol. The molecule has 2 fully saturated rings. The van der Waals surface area contributed by atoms with Crippen LogP contribution in [0.4, 0.5) is 0 Å². The Bertz CT molecular complexity index is 659. The van der Waals surface area contributed by atoms with Gasteiger partial charge in [0.2, 0.25) is 11.8 Å². The number of carbonyl (C=O) groups excluding carboxylic acids is 3. The fourth-order valence-electron chi connectivity index (χ4n) is 3.80. The molecule has 1 aliphatic carbocycles. The summed E-state index contributed by atoms with van der Waals surface area (Å²) in [6.07, 6.45) is 6.59. The van der Waals surface area contributed by atoms with E-state index in [1.165, 1.54) is 18.2 Å². The minimum absolute atomic E-state index is 0.0666. The molecule has 0 unspecified atom stereocenters. The van der Waals surface area contributed by atoms with Gasteiger partial charge in [-0.15, -0.1) is 0 Å². The predicted octanol–water partition coefficient (Wildman–Crippen LogP) is 2.79. The van der Waals surface area contributed by atoms with Crippen LogP contribution in [0.1, 0.15) is 44.1 Å². The first-order valence-corrected chi connectivity index (χ1v) is 10.9. The normalized spacial score (nSPS) is 20.4. The summed E-state index contributed by atoms with van der Waals surface area (Å²) < 4.78 is 0. The highest BCUT2D eigenvalue weighted by Crippen LogP contribution is 2.27. The van der Waals surface area contributed by atoms with E-state index in [4.69, 9.17) is 0 Å². The van der Waals surface area contributed by atoms with Crippen LogP contribution in [0.2, 0.25) is 0 Å². The van der Waals surface area contributed by atoms with Crippen LogP contribution in [0.5, 0.6) is 0 Å². The van der Waals surface area contributed by atoms with Crippen LogP contribution in [-0.4, -0.2) is 46.7 Å². The molecule has 5 nitrogen and oxygen atoms in total. The van der Waals surface area contributed by atoms with Gasteiger partial charge in [0.05, 0.1) is 12.5 Å². The maximum atomic E-state index is 12.9. The standard InChI is InChI=1S/C21H28N2O3S/c24-19(22-18-9-5-2-6-10-18)14-23(12-11-16-7-3-1-4-8-16)21(26)17-13-20(25)27-15-17/h1,3-4,7-8,17-18H,2,5-6,9-15H2,(H,22,24)/t17-/m1/s1. The smallest absolute Gasteiger partial charge is 0.239 e. The fraction of sp³-hybridized carbons (Fsp3) is 0.571. The average Bonchev–Trinajstić information content (AvgIpc) is 3.12. The quantitative estimate of drug-likeness (QED) is 0.780. The molecule has 1 saturated heterocycles. The van der Waals surface area contributed by atoms with Crippen LogP contribution in [0, 0.1) is 5.92 Å². The molecule has 27 heavy (non-hydrogen) atoms.